The molecule has 43 heavy (non-hydrogen) atoms. The number of carbonyl (C=O) groups excluding carboxylic acids is 1. The molecule has 0 aromatic rings. The SMILES string of the molecule is COC1[C@H](O[C@H]2C(OS(=O)(=O)[O-])C(OS(=O)(=O)[O-])[C@@H](OC)O[C@H]2COS(=O)(=O)[O-])OC(C(=O)[O-])[C@H](OSOO[O-])[C@H]1OC. The van der Waals surface area contributed by atoms with Crippen LogP contribution in [0.15, 0.2) is 0 Å². The van der Waals surface area contributed by atoms with Crippen molar-refractivity contribution in [2.24, 2.45) is 0 Å². The molecule has 0 spiro atoms. The molecule has 2 saturated heterocycles. The maximum atomic E-state index is 11.9. The standard InChI is InChI=1S/C15H26O24S4/c1-28-7-8(35-40-39-38-18)10(13(16)17)34-15(11(7)29-2)33-6-5(4-31-41(19,20)21)32-14(30-3)12(37-43(25,26)27)9(6)36-42(22,23)24/h5-12,14-15,18H,4H2,1-3H3,(H,16,17)(H,19,20,21)(H,22,23,24)(H,25,26,27)/p-5/t5-,6+,7+,8+,9?,10?,11?,12?,14-,15+/m0/s1. The number of hydrogen-bond donors (Lipinski definition) is 0. The highest BCUT2D eigenvalue weighted by molar-refractivity contribution is 7.89. The lowest BCUT2D eigenvalue weighted by atomic mass is 9.96. The fraction of sp³-hybridized carbons (Fsp3) is 0.933. The van der Waals surface area contributed by atoms with E-state index in [2.05, 4.69) is 21.9 Å². The van der Waals surface area contributed by atoms with E-state index in [4.69, 9.17) is 32.6 Å². The van der Waals surface area contributed by atoms with E-state index in [0.717, 1.165) is 21.3 Å². The Morgan fingerprint density at radius 3 is 1.79 bits per heavy atom. The van der Waals surface area contributed by atoms with Gasteiger partial charge < -0.3 is 57.2 Å². The predicted octanol–water partition coefficient (Wildman–Crippen LogP) is -6.41. The second kappa shape index (κ2) is 16.0. The molecule has 0 aromatic carbocycles. The molecular weight excluding hydrogens is 692 g/mol. The van der Waals surface area contributed by atoms with Crippen LogP contribution < -0.4 is 10.4 Å². The Morgan fingerprint density at radius 2 is 1.33 bits per heavy atom. The van der Waals surface area contributed by atoms with Crippen LogP contribution in [0, 0.1) is 0 Å². The number of hydrogen-bond acceptors (Lipinski definition) is 25. The maximum Gasteiger partial charge on any atom is 0.218 e. The summed E-state index contributed by atoms with van der Waals surface area (Å²) >= 11 is -0.170. The molecule has 0 aliphatic carbocycles. The van der Waals surface area contributed by atoms with Gasteiger partial charge in [-0.1, -0.05) is 0 Å². The third-order valence-electron chi connectivity index (χ3n) is 5.43. The third-order valence-corrected chi connectivity index (χ3v) is 7.18. The van der Waals surface area contributed by atoms with Crippen LogP contribution in [0.5, 0.6) is 0 Å². The summed E-state index contributed by atoms with van der Waals surface area (Å²) in [5.74, 6) is -2.02. The fourth-order valence-corrected chi connectivity index (χ4v) is 5.58. The van der Waals surface area contributed by atoms with Crippen molar-refractivity contribution in [2.75, 3.05) is 27.9 Å². The monoisotopic (exact) mass is 713 g/mol. The normalized spacial score (nSPS) is 34.2. The Morgan fingerprint density at radius 1 is 0.744 bits per heavy atom. The molecular formula is C15H21O24S4-5. The molecule has 2 heterocycles. The van der Waals surface area contributed by atoms with E-state index in [0.29, 0.717) is 0 Å². The van der Waals surface area contributed by atoms with Gasteiger partial charge in [-0.25, -0.2) is 25.3 Å². The quantitative estimate of drug-likeness (QED) is 0.0337. The molecule has 28 heteroatoms. The number of aliphatic carboxylic acids is 1. The molecule has 0 bridgehead atoms. The highest BCUT2D eigenvalue weighted by Crippen LogP contribution is 2.36. The van der Waals surface area contributed by atoms with Gasteiger partial charge in [-0.05, 0) is 0 Å². The van der Waals surface area contributed by atoms with Crippen LogP contribution in [0.2, 0.25) is 0 Å². The van der Waals surface area contributed by atoms with Crippen molar-refractivity contribution < 1.29 is 109 Å². The zero-order chi connectivity index (χ0) is 32.8. The van der Waals surface area contributed by atoms with E-state index in [9.17, 15) is 54.1 Å². The van der Waals surface area contributed by atoms with Crippen molar-refractivity contribution in [3.8, 4) is 0 Å². The molecule has 2 aliphatic heterocycles. The number of carboxylic acids is 1. The zero-order valence-corrected chi connectivity index (χ0v) is 24.7. The molecule has 2 aliphatic rings. The first kappa shape index (κ1) is 38.2. The van der Waals surface area contributed by atoms with Crippen molar-refractivity contribution in [1.29, 1.82) is 0 Å². The number of carboxylic acid groups (broad SMARTS) is 1. The molecule has 24 nitrogen and oxygen atoms in total. The van der Waals surface area contributed by atoms with Gasteiger partial charge in [0.1, 0.15) is 42.7 Å². The van der Waals surface area contributed by atoms with Crippen molar-refractivity contribution in [3.63, 3.8) is 0 Å². The lowest BCUT2D eigenvalue weighted by Crippen LogP contribution is -2.67. The lowest BCUT2D eigenvalue weighted by Gasteiger charge is -2.49. The molecule has 254 valence electrons. The lowest BCUT2D eigenvalue weighted by molar-refractivity contribution is -0.777. The minimum Gasteiger partial charge on any atom is -0.726 e. The maximum absolute atomic E-state index is 11.9. The van der Waals surface area contributed by atoms with Crippen LogP contribution in [0.4, 0.5) is 0 Å². The largest absolute Gasteiger partial charge is 0.726 e. The van der Waals surface area contributed by atoms with E-state index >= 15 is 0 Å². The Hall–Kier alpha value is -0.970. The molecule has 10 atom stereocenters. The van der Waals surface area contributed by atoms with Crippen molar-refractivity contribution in [2.45, 2.75) is 61.4 Å². The summed E-state index contributed by atoms with van der Waals surface area (Å²) in [6.07, 6.45) is -21.0. The van der Waals surface area contributed by atoms with Gasteiger partial charge in [-0.3, -0.25) is 21.8 Å². The topological polar surface area (TPSA) is 346 Å². The average Bonchev–Trinajstić information content (AvgIpc) is 2.87. The summed E-state index contributed by atoms with van der Waals surface area (Å²) in [5, 5.41) is 25.0. The number of carbonyl (C=O) groups is 1. The molecule has 2 fully saturated rings. The first-order valence-electron chi connectivity index (χ1n) is 10.8. The highest BCUT2D eigenvalue weighted by atomic mass is 32.3. The van der Waals surface area contributed by atoms with E-state index in [-0.39, 0.29) is 12.3 Å². The molecule has 0 N–H and O–H groups in total. The van der Waals surface area contributed by atoms with Crippen LogP contribution in [0.25, 0.3) is 0 Å². The Balaban J connectivity index is 2.62. The number of rotatable bonds is 17. The van der Waals surface area contributed by atoms with Crippen molar-refractivity contribution >= 4 is 49.5 Å². The molecule has 0 amide bonds. The molecule has 0 radical (unpaired) electrons. The van der Waals surface area contributed by atoms with Gasteiger partial charge in [0.25, 0.3) is 0 Å². The van der Waals surface area contributed by atoms with E-state index in [1.807, 2.05) is 0 Å². The Labute approximate surface area is 247 Å². The van der Waals surface area contributed by atoms with E-state index in [1.54, 1.807) is 0 Å². The predicted molar refractivity (Wildman–Crippen MR) is 115 cm³/mol. The zero-order valence-electron chi connectivity index (χ0n) is 21.4. The van der Waals surface area contributed by atoms with E-state index in [1.165, 1.54) is 0 Å². The van der Waals surface area contributed by atoms with Gasteiger partial charge in [-0.2, -0.15) is 0 Å². The van der Waals surface area contributed by atoms with Crippen molar-refractivity contribution in [3.05, 3.63) is 0 Å². The average molecular weight is 714 g/mol. The smallest absolute Gasteiger partial charge is 0.218 e. The summed E-state index contributed by atoms with van der Waals surface area (Å²) in [5.41, 5.74) is 0. The number of methoxy groups -OCH3 is 3. The highest BCUT2D eigenvalue weighted by Gasteiger charge is 2.55. The van der Waals surface area contributed by atoms with Gasteiger partial charge in [0.15, 0.2) is 31.0 Å². The molecule has 2 rings (SSSR count). The summed E-state index contributed by atoms with van der Waals surface area (Å²) in [6, 6.07) is 0. The summed E-state index contributed by atoms with van der Waals surface area (Å²) in [6.45, 7) is -1.37. The number of ether oxygens (including phenoxy) is 6. The Bertz CT molecular complexity index is 1220. The van der Waals surface area contributed by atoms with E-state index < -0.39 is 105 Å². The summed E-state index contributed by atoms with van der Waals surface area (Å²) in [7, 11) is -14.4. The van der Waals surface area contributed by atoms with Crippen LogP contribution in [-0.2, 0) is 90.5 Å². The second-order valence-corrected chi connectivity index (χ2v) is 11.5. The van der Waals surface area contributed by atoms with Gasteiger partial charge in [0, 0.05) is 21.3 Å². The minimum atomic E-state index is -5.88. The Kier molecular flexibility index (Phi) is 14.3. The van der Waals surface area contributed by atoms with Gasteiger partial charge >= 0.3 is 0 Å². The van der Waals surface area contributed by atoms with Gasteiger partial charge in [0.05, 0.1) is 12.6 Å². The molecule has 0 saturated carbocycles. The molecule has 4 unspecified atom stereocenters. The van der Waals surface area contributed by atoms with Gasteiger partial charge in [-0.15, -0.1) is 4.33 Å². The summed E-state index contributed by atoms with van der Waals surface area (Å²) < 4.78 is 155. The first-order chi connectivity index (χ1) is 19.9. The van der Waals surface area contributed by atoms with Crippen LogP contribution in [0.1, 0.15) is 0 Å². The second-order valence-electron chi connectivity index (χ2n) is 7.92. The van der Waals surface area contributed by atoms with Crippen LogP contribution >= 0.6 is 12.3 Å². The fourth-order valence-electron chi connectivity index (χ4n) is 3.96. The van der Waals surface area contributed by atoms with Crippen LogP contribution in [0.3, 0.4) is 0 Å². The third kappa shape index (κ3) is 11.4. The van der Waals surface area contributed by atoms with Crippen molar-refractivity contribution in [1.82, 2.24) is 0 Å². The summed E-state index contributed by atoms with van der Waals surface area (Å²) in [4.78, 5) is 11.9. The van der Waals surface area contributed by atoms with Crippen LogP contribution in [-0.4, -0.2) is 134 Å². The molecule has 0 aromatic heterocycles. The first-order valence-corrected chi connectivity index (χ1v) is 15.4. The minimum absolute atomic E-state index is 0.170. The van der Waals surface area contributed by atoms with Gasteiger partial charge in [0.2, 0.25) is 31.2 Å².